The van der Waals surface area contributed by atoms with E-state index in [-0.39, 0.29) is 5.82 Å². The van der Waals surface area contributed by atoms with Gasteiger partial charge < -0.3 is 10.6 Å². The van der Waals surface area contributed by atoms with Crippen LogP contribution in [0.3, 0.4) is 0 Å². The second kappa shape index (κ2) is 5.08. The minimum atomic E-state index is -5.67. The molecule has 0 bridgehead atoms. The van der Waals surface area contributed by atoms with Crippen molar-refractivity contribution in [3.05, 3.63) is 36.2 Å². The van der Waals surface area contributed by atoms with E-state index in [4.69, 9.17) is 5.73 Å². The molecule has 0 aliphatic carbocycles. The molecule has 2 aromatic rings. The van der Waals surface area contributed by atoms with Gasteiger partial charge >= 0.3 is 5.51 Å². The highest BCUT2D eigenvalue weighted by atomic mass is 32.2. The van der Waals surface area contributed by atoms with Crippen molar-refractivity contribution in [1.29, 1.82) is 0 Å². The van der Waals surface area contributed by atoms with Crippen LogP contribution in [-0.2, 0) is 16.3 Å². The van der Waals surface area contributed by atoms with Crippen LogP contribution in [0.2, 0.25) is 0 Å². The van der Waals surface area contributed by atoms with Crippen molar-refractivity contribution in [3.63, 3.8) is 0 Å². The molecule has 0 radical (unpaired) electrons. The van der Waals surface area contributed by atoms with Crippen LogP contribution in [0.4, 0.5) is 30.5 Å². The number of hydrogen-bond donors (Lipinski definition) is 1. The summed E-state index contributed by atoms with van der Waals surface area (Å²) in [5.74, 6) is -1.09. The van der Waals surface area contributed by atoms with E-state index < -0.39 is 26.1 Å². The van der Waals surface area contributed by atoms with Crippen LogP contribution < -0.4 is 10.6 Å². The molecule has 3 rings (SSSR count). The largest absolute Gasteiger partial charge is 0.502 e. The Morgan fingerprint density at radius 3 is 2.57 bits per heavy atom. The number of sulfone groups is 1. The number of nitrogen functional groups attached to an aromatic ring is 1. The van der Waals surface area contributed by atoms with Gasteiger partial charge in [-0.1, -0.05) is 18.2 Å². The molecule has 122 valence electrons. The van der Waals surface area contributed by atoms with Crippen molar-refractivity contribution in [1.82, 2.24) is 9.97 Å². The molecule has 0 saturated carbocycles. The van der Waals surface area contributed by atoms with Gasteiger partial charge in [-0.05, 0) is 18.1 Å². The second-order valence-corrected chi connectivity index (χ2v) is 6.77. The van der Waals surface area contributed by atoms with Crippen molar-refractivity contribution in [3.8, 4) is 0 Å². The number of anilines is 3. The Labute approximate surface area is 129 Å². The van der Waals surface area contributed by atoms with E-state index in [1.807, 2.05) is 6.07 Å². The number of nitrogens with two attached hydrogens (primary N) is 1. The lowest BCUT2D eigenvalue weighted by Crippen LogP contribution is -2.28. The standard InChI is InChI=1S/C13H11F3N4O2S/c14-13(15,16)23(21,22)10-11(17)18-7-19-12(10)20-6-5-8-3-1-2-4-9(8)20/h1-4,7H,5-6H2,(H2,17,18,19). The van der Waals surface area contributed by atoms with E-state index in [1.54, 1.807) is 18.2 Å². The lowest BCUT2D eigenvalue weighted by Gasteiger charge is -2.22. The summed E-state index contributed by atoms with van der Waals surface area (Å²) in [6.07, 6.45) is 1.51. The smallest absolute Gasteiger partial charge is 0.382 e. The van der Waals surface area contributed by atoms with Crippen molar-refractivity contribution in [2.75, 3.05) is 17.2 Å². The van der Waals surface area contributed by atoms with Gasteiger partial charge in [-0.15, -0.1) is 0 Å². The van der Waals surface area contributed by atoms with E-state index >= 15 is 0 Å². The van der Waals surface area contributed by atoms with Crippen LogP contribution in [-0.4, -0.2) is 30.4 Å². The number of benzene rings is 1. The van der Waals surface area contributed by atoms with E-state index in [0.29, 0.717) is 18.7 Å². The molecule has 1 aromatic carbocycles. The normalized spacial score (nSPS) is 14.8. The SMILES string of the molecule is Nc1ncnc(N2CCc3ccccc32)c1S(=O)(=O)C(F)(F)F. The number of alkyl halides is 3. The number of para-hydroxylation sites is 1. The summed E-state index contributed by atoms with van der Waals surface area (Å²) in [6.45, 7) is 0.302. The maximum Gasteiger partial charge on any atom is 0.502 e. The zero-order valence-electron chi connectivity index (χ0n) is 11.6. The molecule has 6 nitrogen and oxygen atoms in total. The van der Waals surface area contributed by atoms with Crippen LogP contribution in [0.25, 0.3) is 0 Å². The maximum atomic E-state index is 12.9. The molecular formula is C13H11F3N4O2S. The Morgan fingerprint density at radius 2 is 1.87 bits per heavy atom. The van der Waals surface area contributed by atoms with E-state index in [2.05, 4.69) is 9.97 Å². The predicted octanol–water partition coefficient (Wildman–Crippen LogP) is 2.05. The summed E-state index contributed by atoms with van der Waals surface area (Å²) in [7, 11) is -5.67. The number of halogens is 3. The minimum Gasteiger partial charge on any atom is -0.382 e. The number of hydrogen-bond acceptors (Lipinski definition) is 6. The average Bonchev–Trinajstić information content (AvgIpc) is 2.89. The number of nitrogens with zero attached hydrogens (tertiary/aromatic N) is 3. The number of rotatable bonds is 2. The van der Waals surface area contributed by atoms with Gasteiger partial charge in [0.25, 0.3) is 9.84 Å². The first-order chi connectivity index (χ1) is 10.7. The van der Waals surface area contributed by atoms with Gasteiger partial charge in [0.15, 0.2) is 10.7 Å². The Hall–Kier alpha value is -2.36. The fourth-order valence-electron chi connectivity index (χ4n) is 2.50. The predicted molar refractivity (Wildman–Crippen MR) is 76.8 cm³/mol. The van der Waals surface area contributed by atoms with Crippen molar-refractivity contribution < 1.29 is 21.6 Å². The van der Waals surface area contributed by atoms with Crippen molar-refractivity contribution in [2.24, 2.45) is 0 Å². The molecule has 1 aliphatic rings. The third kappa shape index (κ3) is 2.38. The molecule has 2 N–H and O–H groups in total. The Kier molecular flexibility index (Phi) is 3.43. The van der Waals surface area contributed by atoms with Gasteiger partial charge in [-0.25, -0.2) is 18.4 Å². The van der Waals surface area contributed by atoms with E-state index in [0.717, 1.165) is 11.9 Å². The summed E-state index contributed by atoms with van der Waals surface area (Å²) in [5.41, 5.74) is 1.44. The zero-order valence-corrected chi connectivity index (χ0v) is 12.4. The molecule has 0 fully saturated rings. The first-order valence-corrected chi connectivity index (χ1v) is 7.99. The lowest BCUT2D eigenvalue weighted by atomic mass is 10.2. The van der Waals surface area contributed by atoms with Gasteiger partial charge in [0, 0.05) is 12.2 Å². The van der Waals surface area contributed by atoms with Crippen molar-refractivity contribution >= 4 is 27.2 Å². The fraction of sp³-hybridized carbons (Fsp3) is 0.231. The van der Waals surface area contributed by atoms with E-state index in [1.165, 1.54) is 4.90 Å². The highest BCUT2D eigenvalue weighted by Gasteiger charge is 2.50. The molecule has 0 amide bonds. The quantitative estimate of drug-likeness (QED) is 0.897. The maximum absolute atomic E-state index is 12.9. The van der Waals surface area contributed by atoms with Gasteiger partial charge in [-0.2, -0.15) is 13.2 Å². The second-order valence-electron chi connectivity index (χ2n) is 4.89. The first-order valence-electron chi connectivity index (χ1n) is 6.51. The molecule has 2 heterocycles. The highest BCUT2D eigenvalue weighted by Crippen LogP contribution is 2.41. The lowest BCUT2D eigenvalue weighted by molar-refractivity contribution is -0.0435. The number of aromatic nitrogens is 2. The van der Waals surface area contributed by atoms with Crippen LogP contribution in [0, 0.1) is 0 Å². The highest BCUT2D eigenvalue weighted by molar-refractivity contribution is 7.92. The molecule has 23 heavy (non-hydrogen) atoms. The molecule has 1 aromatic heterocycles. The number of fused-ring (bicyclic) bond motifs is 1. The monoisotopic (exact) mass is 344 g/mol. The van der Waals surface area contributed by atoms with Crippen LogP contribution >= 0.6 is 0 Å². The topological polar surface area (TPSA) is 89.2 Å². The summed E-state index contributed by atoms with van der Waals surface area (Å²) in [5, 5.41) is 0. The third-order valence-corrected chi connectivity index (χ3v) is 5.07. The molecular weight excluding hydrogens is 333 g/mol. The van der Waals surface area contributed by atoms with Gasteiger partial charge in [-0.3, -0.25) is 0 Å². The summed E-state index contributed by atoms with van der Waals surface area (Å²) in [4.78, 5) is 7.47. The van der Waals surface area contributed by atoms with Gasteiger partial charge in [0.2, 0.25) is 0 Å². The minimum absolute atomic E-state index is 0.302. The molecule has 0 spiro atoms. The molecule has 1 aliphatic heterocycles. The average molecular weight is 344 g/mol. The molecule has 0 atom stereocenters. The third-order valence-electron chi connectivity index (χ3n) is 3.53. The first kappa shape index (κ1) is 15.5. The Morgan fingerprint density at radius 1 is 1.17 bits per heavy atom. The summed E-state index contributed by atoms with van der Waals surface area (Å²) < 4.78 is 62.5. The van der Waals surface area contributed by atoms with Gasteiger partial charge in [0.05, 0.1) is 0 Å². The van der Waals surface area contributed by atoms with Crippen LogP contribution in [0.5, 0.6) is 0 Å². The Bertz CT molecular complexity index is 868. The van der Waals surface area contributed by atoms with Crippen LogP contribution in [0.1, 0.15) is 5.56 Å². The van der Waals surface area contributed by atoms with Crippen molar-refractivity contribution in [2.45, 2.75) is 16.8 Å². The Balaban J connectivity index is 2.23. The molecule has 0 unspecified atom stereocenters. The summed E-state index contributed by atoms with van der Waals surface area (Å²) >= 11 is 0. The van der Waals surface area contributed by atoms with Gasteiger partial charge in [0.1, 0.15) is 12.1 Å². The van der Waals surface area contributed by atoms with Crippen LogP contribution in [0.15, 0.2) is 35.5 Å². The molecule has 10 heteroatoms. The summed E-state index contributed by atoms with van der Waals surface area (Å²) in [6, 6.07) is 7.01. The van der Waals surface area contributed by atoms with E-state index in [9.17, 15) is 21.6 Å². The zero-order chi connectivity index (χ0) is 16.8. The fourth-order valence-corrected chi connectivity index (χ4v) is 3.46. The molecule has 0 saturated heterocycles.